The average Bonchev–Trinajstić information content (AvgIpc) is 2.34. The summed E-state index contributed by atoms with van der Waals surface area (Å²) in [6.07, 6.45) is -3.95. The molecule has 1 amide bonds. The summed E-state index contributed by atoms with van der Waals surface area (Å²) >= 11 is 0. The number of hydrogen-bond donors (Lipinski definition) is 1. The molecule has 0 aliphatic heterocycles. The van der Waals surface area contributed by atoms with Gasteiger partial charge in [0.25, 0.3) is 5.91 Å². The molecule has 0 spiro atoms. The molecule has 0 heterocycles. The number of amides is 1. The highest BCUT2D eigenvalue weighted by Gasteiger charge is 2.34. The van der Waals surface area contributed by atoms with E-state index in [-0.39, 0.29) is 5.56 Å². The first-order valence-electron chi connectivity index (χ1n) is 5.27. The summed E-state index contributed by atoms with van der Waals surface area (Å²) in [5.74, 6) is -0.570. The molecule has 0 saturated heterocycles. The molecule has 96 valence electrons. The van der Waals surface area contributed by atoms with Crippen molar-refractivity contribution >= 4 is 11.6 Å². The molecular formula is C12H11F3N2O. The maximum atomic E-state index is 12.7. The molecule has 3 nitrogen and oxygen atoms in total. The molecule has 0 aromatic heterocycles. The monoisotopic (exact) mass is 256 g/mol. The number of alkyl halides is 3. The van der Waals surface area contributed by atoms with Crippen molar-refractivity contribution in [1.82, 2.24) is 5.32 Å². The van der Waals surface area contributed by atoms with Crippen molar-refractivity contribution in [1.29, 1.82) is 0 Å². The molecule has 1 aromatic carbocycles. The van der Waals surface area contributed by atoms with Crippen LogP contribution in [0.4, 0.5) is 18.9 Å². The standard InChI is InChI=1S/C12H11F3N2O/c1-3-6-17-11(18)8-4-5-10(16-2)9(7-8)12(13,14)15/h4-5,7H,3,6H2,1H3,(H,17,18). The summed E-state index contributed by atoms with van der Waals surface area (Å²) in [5, 5.41) is 2.48. The highest BCUT2D eigenvalue weighted by Crippen LogP contribution is 2.36. The fourth-order valence-corrected chi connectivity index (χ4v) is 1.34. The van der Waals surface area contributed by atoms with E-state index in [4.69, 9.17) is 6.57 Å². The van der Waals surface area contributed by atoms with Gasteiger partial charge in [0.1, 0.15) is 0 Å². The van der Waals surface area contributed by atoms with Crippen molar-refractivity contribution in [2.75, 3.05) is 6.54 Å². The molecule has 0 fully saturated rings. The maximum absolute atomic E-state index is 12.7. The minimum Gasteiger partial charge on any atom is -0.352 e. The van der Waals surface area contributed by atoms with Crippen molar-refractivity contribution in [2.45, 2.75) is 19.5 Å². The molecule has 18 heavy (non-hydrogen) atoms. The largest absolute Gasteiger partial charge is 0.407 e. The van der Waals surface area contributed by atoms with Gasteiger partial charge in [0.2, 0.25) is 0 Å². The summed E-state index contributed by atoms with van der Waals surface area (Å²) in [6, 6.07) is 2.93. The van der Waals surface area contributed by atoms with Crippen LogP contribution in [0.1, 0.15) is 29.3 Å². The van der Waals surface area contributed by atoms with Crippen LogP contribution in [0.15, 0.2) is 18.2 Å². The van der Waals surface area contributed by atoms with Gasteiger partial charge in [-0.15, -0.1) is 0 Å². The first-order valence-corrected chi connectivity index (χ1v) is 5.27. The SMILES string of the molecule is [C-]#[N+]c1ccc(C(=O)NCCC)cc1C(F)(F)F. The third kappa shape index (κ3) is 3.23. The smallest absolute Gasteiger partial charge is 0.352 e. The quantitative estimate of drug-likeness (QED) is 0.826. The highest BCUT2D eigenvalue weighted by atomic mass is 19.4. The number of rotatable bonds is 3. The highest BCUT2D eigenvalue weighted by molar-refractivity contribution is 5.95. The molecule has 1 aromatic rings. The molecular weight excluding hydrogens is 245 g/mol. The second kappa shape index (κ2) is 5.54. The Balaban J connectivity index is 3.12. The molecule has 1 rings (SSSR count). The molecule has 0 saturated carbocycles. The number of nitrogens with zero attached hydrogens (tertiary/aromatic N) is 1. The van der Waals surface area contributed by atoms with Crippen LogP contribution in [0.25, 0.3) is 4.85 Å². The normalized spacial score (nSPS) is 10.8. The number of benzene rings is 1. The van der Waals surface area contributed by atoms with E-state index in [1.54, 1.807) is 0 Å². The summed E-state index contributed by atoms with van der Waals surface area (Å²) in [5.41, 5.74) is -1.68. The molecule has 0 unspecified atom stereocenters. The van der Waals surface area contributed by atoms with Crippen LogP contribution in [0, 0.1) is 6.57 Å². The maximum Gasteiger partial charge on any atom is 0.407 e. The second-order valence-corrected chi connectivity index (χ2v) is 3.60. The van der Waals surface area contributed by atoms with Crippen molar-refractivity contribution in [2.24, 2.45) is 0 Å². The number of carbonyl (C=O) groups is 1. The lowest BCUT2D eigenvalue weighted by atomic mass is 10.1. The average molecular weight is 256 g/mol. The minimum atomic E-state index is -4.64. The van der Waals surface area contributed by atoms with E-state index < -0.39 is 23.3 Å². The molecule has 0 aliphatic carbocycles. The zero-order valence-corrected chi connectivity index (χ0v) is 9.64. The predicted molar refractivity (Wildman–Crippen MR) is 60.3 cm³/mol. The number of halogens is 3. The summed E-state index contributed by atoms with van der Waals surface area (Å²) in [4.78, 5) is 14.3. The van der Waals surface area contributed by atoms with Gasteiger partial charge in [-0.1, -0.05) is 19.1 Å². The first-order chi connectivity index (χ1) is 8.40. The first kappa shape index (κ1) is 14.0. The third-order valence-corrected chi connectivity index (χ3v) is 2.22. The predicted octanol–water partition coefficient (Wildman–Crippen LogP) is 3.40. The lowest BCUT2D eigenvalue weighted by Gasteiger charge is -2.11. The van der Waals surface area contributed by atoms with Crippen LogP contribution >= 0.6 is 0 Å². The van der Waals surface area contributed by atoms with E-state index >= 15 is 0 Å². The zero-order chi connectivity index (χ0) is 13.8. The van der Waals surface area contributed by atoms with Crippen LogP contribution in [0.5, 0.6) is 0 Å². The van der Waals surface area contributed by atoms with Crippen LogP contribution in [0.3, 0.4) is 0 Å². The topological polar surface area (TPSA) is 33.5 Å². The van der Waals surface area contributed by atoms with Gasteiger partial charge in [-0.3, -0.25) is 4.79 Å². The van der Waals surface area contributed by atoms with E-state index in [0.29, 0.717) is 19.0 Å². The van der Waals surface area contributed by atoms with E-state index in [0.717, 1.165) is 6.07 Å². The van der Waals surface area contributed by atoms with Crippen molar-refractivity contribution in [3.8, 4) is 0 Å². The van der Waals surface area contributed by atoms with E-state index in [1.165, 1.54) is 6.07 Å². The van der Waals surface area contributed by atoms with Crippen LogP contribution in [-0.4, -0.2) is 12.5 Å². The molecule has 6 heteroatoms. The van der Waals surface area contributed by atoms with Crippen molar-refractivity contribution in [3.63, 3.8) is 0 Å². The van der Waals surface area contributed by atoms with Gasteiger partial charge in [-0.2, -0.15) is 13.2 Å². The Morgan fingerprint density at radius 3 is 2.61 bits per heavy atom. The Morgan fingerprint density at radius 2 is 2.11 bits per heavy atom. The summed E-state index contributed by atoms with van der Waals surface area (Å²) < 4.78 is 38.0. The fraction of sp³-hybridized carbons (Fsp3) is 0.333. The van der Waals surface area contributed by atoms with Crippen LogP contribution in [0.2, 0.25) is 0 Å². The number of hydrogen-bond acceptors (Lipinski definition) is 1. The molecule has 1 N–H and O–H groups in total. The van der Waals surface area contributed by atoms with Gasteiger partial charge in [-0.05, 0) is 12.5 Å². The molecule has 0 bridgehead atoms. The van der Waals surface area contributed by atoms with E-state index in [9.17, 15) is 18.0 Å². The number of nitrogens with one attached hydrogen (secondary N) is 1. The van der Waals surface area contributed by atoms with E-state index in [2.05, 4.69) is 10.2 Å². The Labute approximate surface area is 102 Å². The molecule has 0 radical (unpaired) electrons. The van der Waals surface area contributed by atoms with Gasteiger partial charge < -0.3 is 5.32 Å². The van der Waals surface area contributed by atoms with Gasteiger partial charge in [0.15, 0.2) is 5.69 Å². The van der Waals surface area contributed by atoms with Gasteiger partial charge >= 0.3 is 6.18 Å². The lowest BCUT2D eigenvalue weighted by molar-refractivity contribution is -0.136. The van der Waals surface area contributed by atoms with Crippen molar-refractivity contribution in [3.05, 3.63) is 40.7 Å². The minimum absolute atomic E-state index is 0.0943. The Morgan fingerprint density at radius 1 is 1.44 bits per heavy atom. The Bertz CT molecular complexity index is 489. The molecule has 0 aliphatic rings. The van der Waals surface area contributed by atoms with Gasteiger partial charge in [0.05, 0.1) is 12.1 Å². The number of carbonyl (C=O) groups excluding carboxylic acids is 1. The van der Waals surface area contributed by atoms with Crippen LogP contribution < -0.4 is 5.32 Å². The zero-order valence-electron chi connectivity index (χ0n) is 9.64. The summed E-state index contributed by atoms with van der Waals surface area (Å²) in [7, 11) is 0. The molecule has 0 atom stereocenters. The van der Waals surface area contributed by atoms with Gasteiger partial charge in [0, 0.05) is 12.1 Å². The Hall–Kier alpha value is -2.03. The Kier molecular flexibility index (Phi) is 4.32. The lowest BCUT2D eigenvalue weighted by Crippen LogP contribution is -2.24. The van der Waals surface area contributed by atoms with E-state index in [1.807, 2.05) is 6.92 Å². The third-order valence-electron chi connectivity index (χ3n) is 2.22. The summed E-state index contributed by atoms with van der Waals surface area (Å²) in [6.45, 7) is 8.91. The second-order valence-electron chi connectivity index (χ2n) is 3.60. The van der Waals surface area contributed by atoms with Gasteiger partial charge in [-0.25, -0.2) is 4.85 Å². The van der Waals surface area contributed by atoms with Crippen molar-refractivity contribution < 1.29 is 18.0 Å². The van der Waals surface area contributed by atoms with Crippen LogP contribution in [-0.2, 0) is 6.18 Å². The fourth-order valence-electron chi connectivity index (χ4n) is 1.34.